The molecule has 9 heteroatoms. The molecule has 1 unspecified atom stereocenters. The fourth-order valence-corrected chi connectivity index (χ4v) is 3.84. The number of fused-ring (bicyclic) bond motifs is 1. The van der Waals surface area contributed by atoms with Gasteiger partial charge in [-0.2, -0.15) is 10.2 Å². The molecule has 4 rings (SSSR count). The molecule has 0 fully saturated rings. The molecule has 9 nitrogen and oxygen atoms in total. The number of aryl methyl sites for hydroxylation is 1. The van der Waals surface area contributed by atoms with Crippen LogP contribution in [0.5, 0.6) is 0 Å². The van der Waals surface area contributed by atoms with E-state index in [1.54, 1.807) is 31.5 Å². The normalized spacial score (nSPS) is 12.1. The summed E-state index contributed by atoms with van der Waals surface area (Å²) in [6, 6.07) is 16.1. The van der Waals surface area contributed by atoms with Crippen LogP contribution in [0.25, 0.3) is 10.8 Å². The molecule has 1 amide bonds. The third kappa shape index (κ3) is 4.22. The first-order valence-corrected chi connectivity index (χ1v) is 10.3. The molecule has 2 aromatic heterocycles. The molecule has 2 heterocycles. The van der Waals surface area contributed by atoms with Crippen molar-refractivity contribution in [1.29, 1.82) is 0 Å². The van der Waals surface area contributed by atoms with Crippen LogP contribution >= 0.6 is 0 Å². The summed E-state index contributed by atoms with van der Waals surface area (Å²) in [7, 11) is 0. The number of carbonyl (C=O) groups excluding carboxylic acids is 1. The van der Waals surface area contributed by atoms with Crippen molar-refractivity contribution in [3.63, 3.8) is 0 Å². The number of benzene rings is 2. The van der Waals surface area contributed by atoms with E-state index >= 15 is 0 Å². The molecule has 1 atom stereocenters. The van der Waals surface area contributed by atoms with Crippen LogP contribution in [-0.2, 0) is 17.9 Å². The number of nitrogens with zero attached hydrogens (tertiary/aromatic N) is 5. The zero-order valence-corrected chi connectivity index (χ0v) is 18.1. The van der Waals surface area contributed by atoms with Crippen LogP contribution in [0.3, 0.4) is 0 Å². The van der Waals surface area contributed by atoms with E-state index in [0.29, 0.717) is 23.8 Å². The number of hydrogen-bond donors (Lipinski definition) is 1. The molecule has 0 bridgehead atoms. The second kappa shape index (κ2) is 8.62. The van der Waals surface area contributed by atoms with Crippen molar-refractivity contribution in [3.05, 3.63) is 81.8 Å². The summed E-state index contributed by atoms with van der Waals surface area (Å²) in [5, 5.41) is 25.0. The van der Waals surface area contributed by atoms with Crippen molar-refractivity contribution in [2.75, 3.05) is 5.32 Å². The van der Waals surface area contributed by atoms with Gasteiger partial charge in [0.2, 0.25) is 5.91 Å². The molecule has 2 aromatic carbocycles. The molecule has 164 valence electrons. The Bertz CT molecular complexity index is 1300. The Morgan fingerprint density at radius 1 is 1.12 bits per heavy atom. The lowest BCUT2D eigenvalue weighted by molar-refractivity contribution is -0.386. The Hall–Kier alpha value is -4.01. The van der Waals surface area contributed by atoms with E-state index in [0.717, 1.165) is 5.56 Å². The number of amides is 1. The molecule has 0 radical (unpaired) electrons. The Morgan fingerprint density at radius 3 is 2.62 bits per heavy atom. The summed E-state index contributed by atoms with van der Waals surface area (Å²) in [5.74, 6) is -0.215. The van der Waals surface area contributed by atoms with Gasteiger partial charge in [0.1, 0.15) is 11.4 Å². The third-order valence-electron chi connectivity index (χ3n) is 5.52. The highest BCUT2D eigenvalue weighted by Gasteiger charge is 2.24. The van der Waals surface area contributed by atoms with E-state index in [1.807, 2.05) is 24.4 Å². The molecule has 1 N–H and O–H groups in total. The van der Waals surface area contributed by atoms with Gasteiger partial charge in [-0.25, -0.2) is 0 Å². The maximum Gasteiger partial charge on any atom is 0.312 e. The van der Waals surface area contributed by atoms with Crippen LogP contribution < -0.4 is 5.32 Å². The van der Waals surface area contributed by atoms with Crippen LogP contribution in [0, 0.1) is 29.9 Å². The van der Waals surface area contributed by atoms with Gasteiger partial charge in [0.25, 0.3) is 0 Å². The molecular weight excluding hydrogens is 408 g/mol. The minimum atomic E-state index is -0.448. The zero-order chi connectivity index (χ0) is 22.8. The first-order chi connectivity index (χ1) is 15.3. The maximum absolute atomic E-state index is 12.7. The fraction of sp³-hybridized carbons (Fsp3) is 0.261. The molecule has 0 spiro atoms. The molecule has 4 aromatic rings. The van der Waals surface area contributed by atoms with Crippen molar-refractivity contribution in [3.8, 4) is 0 Å². The largest absolute Gasteiger partial charge is 0.312 e. The van der Waals surface area contributed by atoms with Gasteiger partial charge in [-0.05, 0) is 30.2 Å². The van der Waals surface area contributed by atoms with Gasteiger partial charge in [-0.3, -0.25) is 24.3 Å². The Morgan fingerprint density at radius 2 is 1.88 bits per heavy atom. The van der Waals surface area contributed by atoms with E-state index in [1.165, 1.54) is 15.5 Å². The van der Waals surface area contributed by atoms with Gasteiger partial charge in [-0.15, -0.1) is 0 Å². The predicted molar refractivity (Wildman–Crippen MR) is 121 cm³/mol. The first-order valence-electron chi connectivity index (χ1n) is 10.3. The highest BCUT2D eigenvalue weighted by Crippen LogP contribution is 2.23. The van der Waals surface area contributed by atoms with E-state index in [2.05, 4.69) is 39.8 Å². The Balaban J connectivity index is 1.42. The monoisotopic (exact) mass is 432 g/mol. The maximum atomic E-state index is 12.7. The number of nitro groups is 1. The molecular formula is C23H24N6O3. The smallest absolute Gasteiger partial charge is 0.309 e. The number of carbonyl (C=O) groups is 1. The molecule has 0 aliphatic heterocycles. The predicted octanol–water partition coefficient (Wildman–Crippen LogP) is 4.08. The topological polar surface area (TPSA) is 108 Å². The van der Waals surface area contributed by atoms with Crippen molar-refractivity contribution in [1.82, 2.24) is 19.6 Å². The first kappa shape index (κ1) is 21.2. The summed E-state index contributed by atoms with van der Waals surface area (Å²) in [6.45, 7) is 5.81. The van der Waals surface area contributed by atoms with Gasteiger partial charge in [0.05, 0.1) is 23.9 Å². The van der Waals surface area contributed by atoms with Crippen molar-refractivity contribution < 1.29 is 9.72 Å². The van der Waals surface area contributed by atoms with E-state index < -0.39 is 10.8 Å². The quantitative estimate of drug-likeness (QED) is 0.350. The van der Waals surface area contributed by atoms with Gasteiger partial charge < -0.3 is 5.32 Å². The van der Waals surface area contributed by atoms with Crippen molar-refractivity contribution in [2.24, 2.45) is 5.92 Å². The van der Waals surface area contributed by atoms with Crippen LogP contribution in [0.15, 0.2) is 54.7 Å². The average molecular weight is 432 g/mol. The molecule has 0 saturated carbocycles. The molecule has 0 aliphatic carbocycles. The molecule has 0 aliphatic rings. The van der Waals surface area contributed by atoms with Crippen LogP contribution in [0.4, 0.5) is 11.5 Å². The number of nitrogens with one attached hydrogen (secondary N) is 1. The van der Waals surface area contributed by atoms with Gasteiger partial charge in [0.15, 0.2) is 5.82 Å². The fourth-order valence-electron chi connectivity index (χ4n) is 3.84. The summed E-state index contributed by atoms with van der Waals surface area (Å²) in [6.07, 6.45) is 1.83. The zero-order valence-electron chi connectivity index (χ0n) is 18.1. The Labute approximate surface area is 184 Å². The van der Waals surface area contributed by atoms with Gasteiger partial charge >= 0.3 is 5.69 Å². The third-order valence-corrected chi connectivity index (χ3v) is 5.52. The highest BCUT2D eigenvalue weighted by atomic mass is 16.6. The SMILES string of the molecule is Cc1nn(CC(C)C(=O)Nc2ccn(Cc3cccc4ccccc34)n2)c(C)c1[N+](=O)[O-]. The summed E-state index contributed by atoms with van der Waals surface area (Å²) < 4.78 is 3.29. The van der Waals surface area contributed by atoms with Crippen molar-refractivity contribution in [2.45, 2.75) is 33.9 Å². The summed E-state index contributed by atoms with van der Waals surface area (Å²) >= 11 is 0. The second-order valence-corrected chi connectivity index (χ2v) is 7.89. The number of aromatic nitrogens is 4. The van der Waals surface area contributed by atoms with Crippen LogP contribution in [0.1, 0.15) is 23.9 Å². The van der Waals surface area contributed by atoms with Crippen LogP contribution in [0.2, 0.25) is 0 Å². The van der Waals surface area contributed by atoms with Crippen molar-refractivity contribution >= 4 is 28.2 Å². The lowest BCUT2D eigenvalue weighted by Crippen LogP contribution is -2.25. The van der Waals surface area contributed by atoms with Gasteiger partial charge in [0, 0.05) is 12.3 Å². The van der Waals surface area contributed by atoms with E-state index in [-0.39, 0.29) is 18.1 Å². The van der Waals surface area contributed by atoms with Gasteiger partial charge in [-0.1, -0.05) is 49.4 Å². The highest BCUT2D eigenvalue weighted by molar-refractivity contribution is 5.91. The Kier molecular flexibility index (Phi) is 5.72. The number of rotatable bonds is 7. The number of hydrogen-bond acceptors (Lipinski definition) is 5. The standard InChI is InChI=1S/C23H24N6O3/c1-15(13-28-17(3)22(29(31)32)16(2)25-28)23(30)24-21-11-12-27(26-21)14-19-9-6-8-18-7-4-5-10-20(18)19/h4-12,15H,13-14H2,1-3H3,(H,24,26,30). The minimum absolute atomic E-state index is 0.00946. The average Bonchev–Trinajstić information content (AvgIpc) is 3.31. The molecule has 0 saturated heterocycles. The van der Waals surface area contributed by atoms with Crippen LogP contribution in [-0.4, -0.2) is 30.4 Å². The van der Waals surface area contributed by atoms with E-state index in [9.17, 15) is 14.9 Å². The lowest BCUT2D eigenvalue weighted by atomic mass is 10.0. The lowest BCUT2D eigenvalue weighted by Gasteiger charge is -2.12. The summed E-state index contributed by atoms with van der Waals surface area (Å²) in [5.41, 5.74) is 1.91. The second-order valence-electron chi connectivity index (χ2n) is 7.89. The molecule has 32 heavy (non-hydrogen) atoms. The minimum Gasteiger partial charge on any atom is -0.309 e. The summed E-state index contributed by atoms with van der Waals surface area (Å²) in [4.78, 5) is 23.4. The van der Waals surface area contributed by atoms with E-state index in [4.69, 9.17) is 0 Å². The number of anilines is 1.